The summed E-state index contributed by atoms with van der Waals surface area (Å²) in [5, 5.41) is 5.04. The minimum absolute atomic E-state index is 0.139. The summed E-state index contributed by atoms with van der Waals surface area (Å²) in [4.78, 5) is 23.5. The summed E-state index contributed by atoms with van der Waals surface area (Å²) in [7, 11) is 0. The predicted octanol–water partition coefficient (Wildman–Crippen LogP) is 3.70. The Hall–Kier alpha value is -2.32. The topological polar surface area (TPSA) is 81.4 Å². The van der Waals surface area contributed by atoms with E-state index in [1.807, 2.05) is 23.1 Å². The van der Waals surface area contributed by atoms with Gasteiger partial charge in [-0.3, -0.25) is 4.79 Å². The molecule has 1 saturated heterocycles. The van der Waals surface area contributed by atoms with Gasteiger partial charge in [-0.15, -0.1) is 11.3 Å². The first-order valence-electron chi connectivity index (χ1n) is 10.3. The average Bonchev–Trinajstić information content (AvgIpc) is 3.34. The number of carbonyl (C=O) groups excluding carboxylic acids is 1. The van der Waals surface area contributed by atoms with Crippen molar-refractivity contribution in [3.8, 4) is 0 Å². The van der Waals surface area contributed by atoms with Gasteiger partial charge in [0.2, 0.25) is 5.91 Å². The standard InChI is InChI=1S/C21H24N4O3S/c26-20(8-7-19-22-16-3-1-2-4-17(16)29-19)25-11-9-15(10-12-25)27-13-18-23-21(24-28-18)14-5-6-14/h1-4,14-15H,5-13H2. The summed E-state index contributed by atoms with van der Waals surface area (Å²) in [6.07, 6.45) is 5.36. The third kappa shape index (κ3) is 4.48. The van der Waals surface area contributed by atoms with Gasteiger partial charge in [0.1, 0.15) is 6.61 Å². The Bertz CT molecular complexity index is 956. The molecule has 0 spiro atoms. The van der Waals surface area contributed by atoms with Crippen molar-refractivity contribution >= 4 is 27.5 Å². The molecule has 152 valence electrons. The molecule has 0 atom stereocenters. The van der Waals surface area contributed by atoms with Crippen LogP contribution in [0.4, 0.5) is 0 Å². The van der Waals surface area contributed by atoms with Gasteiger partial charge in [0.25, 0.3) is 5.89 Å². The van der Waals surface area contributed by atoms with Crippen LogP contribution < -0.4 is 0 Å². The molecule has 29 heavy (non-hydrogen) atoms. The minimum Gasteiger partial charge on any atom is -0.368 e. The summed E-state index contributed by atoms with van der Waals surface area (Å²) >= 11 is 1.68. The van der Waals surface area contributed by atoms with Gasteiger partial charge in [0.15, 0.2) is 5.82 Å². The van der Waals surface area contributed by atoms with Gasteiger partial charge in [-0.2, -0.15) is 4.98 Å². The molecule has 0 N–H and O–H groups in total. The lowest BCUT2D eigenvalue weighted by Gasteiger charge is -2.31. The van der Waals surface area contributed by atoms with Crippen LogP contribution in [0.1, 0.15) is 54.7 Å². The van der Waals surface area contributed by atoms with Crippen molar-refractivity contribution in [2.45, 2.75) is 57.2 Å². The van der Waals surface area contributed by atoms with Crippen molar-refractivity contribution in [1.82, 2.24) is 20.0 Å². The quantitative estimate of drug-likeness (QED) is 0.589. The molecule has 1 aliphatic heterocycles. The summed E-state index contributed by atoms with van der Waals surface area (Å²) < 4.78 is 12.4. The molecule has 0 bridgehead atoms. The van der Waals surface area contributed by atoms with Crippen molar-refractivity contribution < 1.29 is 14.1 Å². The maximum Gasteiger partial charge on any atom is 0.252 e. The summed E-state index contributed by atoms with van der Waals surface area (Å²) in [5.74, 6) is 2.07. The van der Waals surface area contributed by atoms with E-state index < -0.39 is 0 Å². The fraction of sp³-hybridized carbons (Fsp3) is 0.524. The van der Waals surface area contributed by atoms with E-state index in [9.17, 15) is 4.79 Å². The number of thiazole rings is 1. The Labute approximate surface area is 173 Å². The number of aromatic nitrogens is 3. The minimum atomic E-state index is 0.139. The van der Waals surface area contributed by atoms with Crippen LogP contribution in [0, 0.1) is 0 Å². The number of hydrogen-bond donors (Lipinski definition) is 0. The molecule has 3 aromatic rings. The third-order valence-corrected chi connectivity index (χ3v) is 6.65. The Kier molecular flexibility index (Phi) is 5.28. The number of hydrogen-bond acceptors (Lipinski definition) is 7. The second-order valence-corrected chi connectivity index (χ2v) is 8.90. The Morgan fingerprint density at radius 2 is 2.00 bits per heavy atom. The summed E-state index contributed by atoms with van der Waals surface area (Å²) in [5.41, 5.74) is 1.02. The molecule has 5 rings (SSSR count). The molecular formula is C21H24N4O3S. The van der Waals surface area contributed by atoms with Crippen LogP contribution >= 0.6 is 11.3 Å². The number of piperidine rings is 1. The molecule has 7 nitrogen and oxygen atoms in total. The number of likely N-dealkylation sites (tertiary alicyclic amines) is 1. The largest absolute Gasteiger partial charge is 0.368 e. The Morgan fingerprint density at radius 1 is 1.17 bits per heavy atom. The van der Waals surface area contributed by atoms with E-state index >= 15 is 0 Å². The lowest BCUT2D eigenvalue weighted by Crippen LogP contribution is -2.40. The van der Waals surface area contributed by atoms with Gasteiger partial charge in [0, 0.05) is 31.8 Å². The zero-order chi connectivity index (χ0) is 19.6. The maximum atomic E-state index is 12.6. The number of nitrogens with zero attached hydrogens (tertiary/aromatic N) is 4. The molecule has 1 amide bonds. The monoisotopic (exact) mass is 412 g/mol. The van der Waals surface area contributed by atoms with Crippen LogP contribution in [0.5, 0.6) is 0 Å². The second kappa shape index (κ2) is 8.20. The van der Waals surface area contributed by atoms with Crippen LogP contribution in [0.2, 0.25) is 0 Å². The highest BCUT2D eigenvalue weighted by Gasteiger charge is 2.29. The molecule has 0 unspecified atom stereocenters. The molecule has 1 aromatic carbocycles. The van der Waals surface area contributed by atoms with Gasteiger partial charge in [0.05, 0.1) is 21.3 Å². The number of aryl methyl sites for hydroxylation is 1. The number of amides is 1. The van der Waals surface area contributed by atoms with Crippen molar-refractivity contribution in [1.29, 1.82) is 0 Å². The van der Waals surface area contributed by atoms with Crippen molar-refractivity contribution in [2.75, 3.05) is 13.1 Å². The van der Waals surface area contributed by atoms with Gasteiger partial charge < -0.3 is 14.2 Å². The third-order valence-electron chi connectivity index (χ3n) is 5.55. The lowest BCUT2D eigenvalue weighted by atomic mass is 10.1. The normalized spacial score (nSPS) is 17.9. The van der Waals surface area contributed by atoms with Crippen LogP contribution in [0.25, 0.3) is 10.2 Å². The molecular weight excluding hydrogens is 388 g/mol. The first kappa shape index (κ1) is 18.7. The SMILES string of the molecule is O=C(CCc1nc2ccccc2s1)N1CCC(OCc2nc(C3CC3)no2)CC1. The molecule has 2 fully saturated rings. The number of benzene rings is 1. The maximum absolute atomic E-state index is 12.6. The first-order chi connectivity index (χ1) is 14.2. The molecule has 8 heteroatoms. The van der Waals surface area contributed by atoms with E-state index in [1.165, 1.54) is 4.70 Å². The van der Waals surface area contributed by atoms with E-state index in [-0.39, 0.29) is 12.0 Å². The van der Waals surface area contributed by atoms with Crippen LogP contribution in [-0.4, -0.2) is 45.1 Å². The summed E-state index contributed by atoms with van der Waals surface area (Å²) in [6, 6.07) is 8.10. The molecule has 2 aromatic heterocycles. The number of para-hydroxylation sites is 1. The first-order valence-corrected chi connectivity index (χ1v) is 11.1. The van der Waals surface area contributed by atoms with E-state index in [0.717, 1.165) is 55.1 Å². The lowest BCUT2D eigenvalue weighted by molar-refractivity contribution is -0.134. The van der Waals surface area contributed by atoms with E-state index in [1.54, 1.807) is 11.3 Å². The zero-order valence-corrected chi connectivity index (χ0v) is 17.1. The van der Waals surface area contributed by atoms with Crippen molar-refractivity contribution in [2.24, 2.45) is 0 Å². The fourth-order valence-electron chi connectivity index (χ4n) is 3.69. The highest BCUT2D eigenvalue weighted by atomic mass is 32.1. The molecule has 1 aliphatic carbocycles. The number of ether oxygens (including phenoxy) is 1. The van der Waals surface area contributed by atoms with E-state index in [4.69, 9.17) is 9.26 Å². The summed E-state index contributed by atoms with van der Waals surface area (Å²) in [6.45, 7) is 1.83. The van der Waals surface area contributed by atoms with Gasteiger partial charge >= 0.3 is 0 Å². The van der Waals surface area contributed by atoms with E-state index in [0.29, 0.717) is 31.3 Å². The average molecular weight is 413 g/mol. The van der Waals surface area contributed by atoms with Crippen LogP contribution in [0.3, 0.4) is 0 Å². The van der Waals surface area contributed by atoms with Gasteiger partial charge in [-0.05, 0) is 37.8 Å². The van der Waals surface area contributed by atoms with Crippen molar-refractivity contribution in [3.63, 3.8) is 0 Å². The van der Waals surface area contributed by atoms with Gasteiger partial charge in [-0.1, -0.05) is 17.3 Å². The van der Waals surface area contributed by atoms with E-state index in [2.05, 4.69) is 21.2 Å². The number of carbonyl (C=O) groups is 1. The smallest absolute Gasteiger partial charge is 0.252 e. The molecule has 3 heterocycles. The highest BCUT2D eigenvalue weighted by Crippen LogP contribution is 2.38. The van der Waals surface area contributed by atoms with Crippen LogP contribution in [0.15, 0.2) is 28.8 Å². The second-order valence-electron chi connectivity index (χ2n) is 7.79. The highest BCUT2D eigenvalue weighted by molar-refractivity contribution is 7.18. The molecule has 2 aliphatic rings. The van der Waals surface area contributed by atoms with Crippen molar-refractivity contribution in [3.05, 3.63) is 41.0 Å². The fourth-order valence-corrected chi connectivity index (χ4v) is 4.66. The molecule has 1 saturated carbocycles. The zero-order valence-electron chi connectivity index (χ0n) is 16.2. The van der Waals surface area contributed by atoms with Gasteiger partial charge in [-0.25, -0.2) is 4.98 Å². The Balaban J connectivity index is 1.05. The Morgan fingerprint density at radius 3 is 2.79 bits per heavy atom. The van der Waals surface area contributed by atoms with Crippen LogP contribution in [-0.2, 0) is 22.6 Å². The number of fused-ring (bicyclic) bond motifs is 1. The predicted molar refractivity (Wildman–Crippen MR) is 109 cm³/mol. The number of rotatable bonds is 7. The molecule has 0 radical (unpaired) electrons.